The van der Waals surface area contributed by atoms with Crippen molar-refractivity contribution in [3.8, 4) is 11.8 Å². The Morgan fingerprint density at radius 2 is 1.76 bits per heavy atom. The van der Waals surface area contributed by atoms with Crippen molar-refractivity contribution in [1.82, 2.24) is 0 Å². The van der Waals surface area contributed by atoms with Gasteiger partial charge in [0.2, 0.25) is 0 Å². The van der Waals surface area contributed by atoms with Crippen LogP contribution in [0.3, 0.4) is 0 Å². The van der Waals surface area contributed by atoms with Gasteiger partial charge in [0.05, 0.1) is 5.56 Å². The van der Waals surface area contributed by atoms with Crippen LogP contribution >= 0.6 is 11.3 Å². The fraction of sp³-hybridized carbons (Fsp3) is 0.136. The lowest BCUT2D eigenvalue weighted by molar-refractivity contribution is -0.149. The number of hydrogen-bond donors (Lipinski definition) is 1. The van der Waals surface area contributed by atoms with Gasteiger partial charge in [-0.3, -0.25) is 4.79 Å². The van der Waals surface area contributed by atoms with Crippen molar-refractivity contribution in [2.75, 3.05) is 18.5 Å². The number of nitrogens with one attached hydrogen (secondary N) is 1. The summed E-state index contributed by atoms with van der Waals surface area (Å²) in [6, 6.07) is 21.0. The van der Waals surface area contributed by atoms with E-state index in [2.05, 4.69) is 5.32 Å². The van der Waals surface area contributed by atoms with Crippen LogP contribution < -0.4 is 10.1 Å². The number of thiophene rings is 1. The Hall–Kier alpha value is -3.63. The highest BCUT2D eigenvalue weighted by molar-refractivity contribution is 7.14. The first kappa shape index (κ1) is 20.1. The quantitative estimate of drug-likeness (QED) is 0.575. The summed E-state index contributed by atoms with van der Waals surface area (Å²) in [4.78, 5) is 23.8. The molecular weight excluding hydrogens is 388 g/mol. The number of hydrogen-bond acceptors (Lipinski definition) is 6. The summed E-state index contributed by atoms with van der Waals surface area (Å²) in [7, 11) is 0. The van der Waals surface area contributed by atoms with Gasteiger partial charge >= 0.3 is 5.97 Å². The Morgan fingerprint density at radius 1 is 1.00 bits per heavy atom. The third-order valence-electron chi connectivity index (χ3n) is 3.96. The Morgan fingerprint density at radius 3 is 2.55 bits per heavy atom. The number of amides is 1. The van der Waals surface area contributed by atoms with E-state index in [-0.39, 0.29) is 6.61 Å². The van der Waals surface area contributed by atoms with Crippen LogP contribution in [0, 0.1) is 11.3 Å². The third-order valence-corrected chi connectivity index (χ3v) is 4.79. The molecule has 1 N–H and O–H groups in total. The maximum Gasteiger partial charge on any atom is 0.344 e. The van der Waals surface area contributed by atoms with Crippen molar-refractivity contribution in [3.63, 3.8) is 0 Å². The molecule has 0 bridgehead atoms. The van der Waals surface area contributed by atoms with Crippen molar-refractivity contribution in [2.45, 2.75) is 6.42 Å². The number of para-hydroxylation sites is 1. The molecule has 0 spiro atoms. The number of nitriles is 1. The van der Waals surface area contributed by atoms with Crippen molar-refractivity contribution in [1.29, 1.82) is 5.26 Å². The van der Waals surface area contributed by atoms with Crippen LogP contribution in [0.5, 0.6) is 5.75 Å². The van der Waals surface area contributed by atoms with E-state index >= 15 is 0 Å². The van der Waals surface area contributed by atoms with Gasteiger partial charge in [0.25, 0.3) is 5.91 Å². The van der Waals surface area contributed by atoms with Crippen LogP contribution in [0.1, 0.15) is 16.7 Å². The first-order valence-electron chi connectivity index (χ1n) is 8.83. The second kappa shape index (κ2) is 10.1. The molecule has 0 saturated carbocycles. The molecule has 0 radical (unpaired) electrons. The van der Waals surface area contributed by atoms with Crippen molar-refractivity contribution >= 4 is 28.2 Å². The van der Waals surface area contributed by atoms with Gasteiger partial charge in [-0.05, 0) is 28.6 Å². The highest BCUT2D eigenvalue weighted by Gasteiger charge is 2.12. The van der Waals surface area contributed by atoms with E-state index in [1.165, 1.54) is 11.3 Å². The van der Waals surface area contributed by atoms with Gasteiger partial charge < -0.3 is 14.8 Å². The minimum Gasteiger partial charge on any atom is -0.482 e. The molecule has 0 atom stereocenters. The fourth-order valence-electron chi connectivity index (χ4n) is 2.59. The molecule has 2 aromatic carbocycles. The second-order valence-corrected chi connectivity index (χ2v) is 6.96. The lowest BCUT2D eigenvalue weighted by Crippen LogP contribution is -2.23. The molecule has 7 heteroatoms. The minimum absolute atomic E-state index is 0.304. The van der Waals surface area contributed by atoms with Gasteiger partial charge in [0, 0.05) is 6.42 Å². The van der Waals surface area contributed by atoms with Gasteiger partial charge in [-0.2, -0.15) is 5.26 Å². The topological polar surface area (TPSA) is 88.4 Å². The third kappa shape index (κ3) is 5.92. The van der Waals surface area contributed by atoms with Gasteiger partial charge in [-0.1, -0.05) is 48.5 Å². The smallest absolute Gasteiger partial charge is 0.344 e. The zero-order valence-corrected chi connectivity index (χ0v) is 16.3. The van der Waals surface area contributed by atoms with Crippen LogP contribution in [0.2, 0.25) is 0 Å². The monoisotopic (exact) mass is 406 g/mol. The summed E-state index contributed by atoms with van der Waals surface area (Å²) in [5.41, 5.74) is 2.45. The van der Waals surface area contributed by atoms with Crippen LogP contribution in [-0.2, 0) is 20.7 Å². The molecule has 1 aromatic heterocycles. The van der Waals surface area contributed by atoms with Crippen LogP contribution in [0.4, 0.5) is 5.00 Å². The zero-order valence-electron chi connectivity index (χ0n) is 15.5. The molecule has 146 valence electrons. The number of carbonyl (C=O) groups excluding carboxylic acids is 2. The number of ether oxygens (including phenoxy) is 2. The van der Waals surface area contributed by atoms with Crippen LogP contribution in [0.15, 0.2) is 66.0 Å². The first-order chi connectivity index (χ1) is 14.2. The molecule has 29 heavy (non-hydrogen) atoms. The lowest BCUT2D eigenvalue weighted by Gasteiger charge is -2.11. The molecule has 0 unspecified atom stereocenters. The van der Waals surface area contributed by atoms with E-state index in [9.17, 15) is 9.59 Å². The minimum atomic E-state index is -0.652. The van der Waals surface area contributed by atoms with E-state index < -0.39 is 18.5 Å². The van der Waals surface area contributed by atoms with Crippen molar-refractivity contribution in [2.24, 2.45) is 0 Å². The van der Waals surface area contributed by atoms with Crippen LogP contribution in [-0.4, -0.2) is 25.1 Å². The summed E-state index contributed by atoms with van der Waals surface area (Å²) >= 11 is 1.23. The molecule has 1 amide bonds. The summed E-state index contributed by atoms with van der Waals surface area (Å²) in [5, 5.41) is 13.6. The van der Waals surface area contributed by atoms with Gasteiger partial charge in [-0.15, -0.1) is 11.3 Å². The zero-order chi connectivity index (χ0) is 20.5. The average Bonchev–Trinajstić information content (AvgIpc) is 3.19. The molecule has 0 aliphatic carbocycles. The molecule has 0 aliphatic rings. The second-order valence-electron chi connectivity index (χ2n) is 6.04. The number of benzene rings is 2. The molecule has 0 saturated heterocycles. The van der Waals surface area contributed by atoms with E-state index in [0.29, 0.717) is 22.7 Å². The highest BCUT2D eigenvalue weighted by Crippen LogP contribution is 2.22. The molecule has 0 fully saturated rings. The predicted molar refractivity (Wildman–Crippen MR) is 110 cm³/mol. The summed E-state index contributed by atoms with van der Waals surface area (Å²) in [6.45, 7) is -0.752. The van der Waals surface area contributed by atoms with E-state index in [1.54, 1.807) is 17.5 Å². The van der Waals surface area contributed by atoms with Gasteiger partial charge in [0.1, 0.15) is 16.8 Å². The number of carbonyl (C=O) groups is 2. The first-order valence-corrected chi connectivity index (χ1v) is 9.71. The summed E-state index contributed by atoms with van der Waals surface area (Å²) < 4.78 is 10.6. The Bertz CT molecular complexity index is 1020. The number of esters is 1. The van der Waals surface area contributed by atoms with Crippen LogP contribution in [0.25, 0.3) is 0 Å². The van der Waals surface area contributed by atoms with Crippen molar-refractivity contribution < 1.29 is 19.1 Å². The molecule has 6 nitrogen and oxygen atoms in total. The fourth-order valence-corrected chi connectivity index (χ4v) is 3.34. The van der Waals surface area contributed by atoms with Gasteiger partial charge in [0.15, 0.2) is 13.2 Å². The number of anilines is 1. The summed E-state index contributed by atoms with van der Waals surface area (Å²) in [6.07, 6.45) is 0.677. The molecule has 0 aliphatic heterocycles. The Balaban J connectivity index is 1.48. The Kier molecular flexibility index (Phi) is 6.98. The maximum absolute atomic E-state index is 11.9. The average molecular weight is 406 g/mol. The van der Waals surface area contributed by atoms with E-state index in [4.69, 9.17) is 14.7 Å². The standard InChI is InChI=1S/C22H18N2O4S/c23-13-18-10-11-29-22(18)24-20(25)14-28-21(26)15-27-19-9-5-4-8-17(19)12-16-6-2-1-3-7-16/h1-11H,12,14-15H2,(H,24,25). The maximum atomic E-state index is 11.9. The Labute approximate surface area is 172 Å². The SMILES string of the molecule is N#Cc1ccsc1NC(=O)COC(=O)COc1ccccc1Cc1ccccc1. The van der Waals surface area contributed by atoms with Gasteiger partial charge in [-0.25, -0.2) is 4.79 Å². The number of rotatable bonds is 8. The molecule has 1 heterocycles. The molecular formula is C22H18N2O4S. The normalized spacial score (nSPS) is 10.0. The van der Waals surface area contributed by atoms with Crippen molar-refractivity contribution in [3.05, 3.63) is 82.7 Å². The molecule has 3 aromatic rings. The summed E-state index contributed by atoms with van der Waals surface area (Å²) in [5.74, 6) is -0.571. The van der Waals surface area contributed by atoms with E-state index in [0.717, 1.165) is 11.1 Å². The molecule has 3 rings (SSSR count). The lowest BCUT2D eigenvalue weighted by atomic mass is 10.0. The largest absolute Gasteiger partial charge is 0.482 e. The van der Waals surface area contributed by atoms with E-state index in [1.807, 2.05) is 54.6 Å². The predicted octanol–water partition coefficient (Wildman–Crippen LogP) is 3.77. The highest BCUT2D eigenvalue weighted by atomic mass is 32.1. The number of nitrogens with zero attached hydrogens (tertiary/aromatic N) is 1.